The molecule has 0 aromatic carbocycles. The Balaban J connectivity index is 1.92. The lowest BCUT2D eigenvalue weighted by molar-refractivity contribution is 0.636. The summed E-state index contributed by atoms with van der Waals surface area (Å²) >= 11 is 5.91. The number of nitrogens with one attached hydrogen (secondary N) is 1. The molecule has 0 fully saturated rings. The van der Waals surface area contributed by atoms with Crippen LogP contribution in [0.4, 0.5) is 0 Å². The molecule has 17 heavy (non-hydrogen) atoms. The second-order valence-electron chi connectivity index (χ2n) is 3.96. The number of rotatable bonds is 4. The molecule has 4 nitrogen and oxygen atoms in total. The molecule has 90 valence electrons. The van der Waals surface area contributed by atoms with Crippen molar-refractivity contribution in [2.75, 3.05) is 0 Å². The third kappa shape index (κ3) is 2.84. The molecule has 0 aliphatic rings. The average Bonchev–Trinajstić information content (AvgIpc) is 2.63. The molecule has 2 aromatic heterocycles. The van der Waals surface area contributed by atoms with E-state index in [0.717, 1.165) is 12.4 Å². The van der Waals surface area contributed by atoms with Gasteiger partial charge in [-0.05, 0) is 24.1 Å². The van der Waals surface area contributed by atoms with E-state index >= 15 is 0 Å². The summed E-state index contributed by atoms with van der Waals surface area (Å²) in [7, 11) is 1.90. The third-order valence-corrected chi connectivity index (χ3v) is 3.12. The number of nitrogens with zero attached hydrogens (tertiary/aromatic N) is 3. The molecule has 0 bridgehead atoms. The van der Waals surface area contributed by atoms with Gasteiger partial charge in [-0.15, -0.1) is 0 Å². The Morgan fingerprint density at radius 2 is 2.18 bits per heavy atom. The monoisotopic (exact) mass is 250 g/mol. The van der Waals surface area contributed by atoms with E-state index in [0.29, 0.717) is 11.7 Å². The van der Waals surface area contributed by atoms with Crippen LogP contribution in [-0.2, 0) is 20.1 Å². The van der Waals surface area contributed by atoms with Gasteiger partial charge in [0.15, 0.2) is 0 Å². The first kappa shape index (κ1) is 12.1. The largest absolute Gasteiger partial charge is 0.321 e. The van der Waals surface area contributed by atoms with Gasteiger partial charge in [-0.3, -0.25) is 4.98 Å². The number of imidazole rings is 1. The van der Waals surface area contributed by atoms with Crippen LogP contribution in [0.25, 0.3) is 0 Å². The molecule has 2 rings (SSSR count). The van der Waals surface area contributed by atoms with Gasteiger partial charge in [0.2, 0.25) is 0 Å². The number of hydrogen-bond donors (Lipinski definition) is 1. The molecule has 5 heteroatoms. The molecular formula is C12H15ClN4. The van der Waals surface area contributed by atoms with E-state index in [1.165, 1.54) is 11.1 Å². The van der Waals surface area contributed by atoms with Crippen LogP contribution in [0.2, 0.25) is 5.15 Å². The minimum atomic E-state index is 0.652. The van der Waals surface area contributed by atoms with Crippen molar-refractivity contribution in [1.29, 1.82) is 0 Å². The molecule has 0 radical (unpaired) electrons. The zero-order valence-electron chi connectivity index (χ0n) is 9.94. The van der Waals surface area contributed by atoms with Crippen LogP contribution >= 0.6 is 11.6 Å². The molecule has 0 aliphatic carbocycles. The highest BCUT2D eigenvalue weighted by molar-refractivity contribution is 6.29. The van der Waals surface area contributed by atoms with Gasteiger partial charge in [-0.2, -0.15) is 0 Å². The topological polar surface area (TPSA) is 42.7 Å². The SMILES string of the molecule is Cc1ccncc1CNCc1ncc(Cl)n1C. The van der Waals surface area contributed by atoms with E-state index in [9.17, 15) is 0 Å². The summed E-state index contributed by atoms with van der Waals surface area (Å²) in [6, 6.07) is 2.01. The predicted molar refractivity (Wildman–Crippen MR) is 67.7 cm³/mol. The van der Waals surface area contributed by atoms with Gasteiger partial charge in [0.25, 0.3) is 0 Å². The van der Waals surface area contributed by atoms with E-state index in [1.54, 1.807) is 12.4 Å². The van der Waals surface area contributed by atoms with Crippen LogP contribution in [-0.4, -0.2) is 14.5 Å². The zero-order valence-corrected chi connectivity index (χ0v) is 10.7. The van der Waals surface area contributed by atoms with E-state index in [1.807, 2.05) is 23.9 Å². The van der Waals surface area contributed by atoms with Gasteiger partial charge in [0.1, 0.15) is 11.0 Å². The molecule has 0 saturated carbocycles. The fourth-order valence-corrected chi connectivity index (χ4v) is 1.73. The number of hydrogen-bond acceptors (Lipinski definition) is 3. The summed E-state index contributed by atoms with van der Waals surface area (Å²) in [6.07, 6.45) is 5.35. The first-order valence-electron chi connectivity index (χ1n) is 5.45. The van der Waals surface area contributed by atoms with E-state index in [4.69, 9.17) is 11.6 Å². The summed E-state index contributed by atoms with van der Waals surface area (Å²) in [5.41, 5.74) is 2.44. The Hall–Kier alpha value is -1.39. The molecule has 2 aromatic rings. The fraction of sp³-hybridized carbons (Fsp3) is 0.333. The zero-order chi connectivity index (χ0) is 12.3. The van der Waals surface area contributed by atoms with Crippen LogP contribution in [0.15, 0.2) is 24.7 Å². The van der Waals surface area contributed by atoms with Crippen molar-refractivity contribution in [3.8, 4) is 0 Å². The lowest BCUT2D eigenvalue weighted by Gasteiger charge is -2.07. The quantitative estimate of drug-likeness (QED) is 0.903. The molecule has 1 N–H and O–H groups in total. The second kappa shape index (κ2) is 5.29. The normalized spacial score (nSPS) is 10.8. The smallest absolute Gasteiger partial charge is 0.128 e. The number of aryl methyl sites for hydroxylation is 1. The predicted octanol–water partition coefficient (Wildman–Crippen LogP) is 2.07. The highest BCUT2D eigenvalue weighted by Crippen LogP contribution is 2.09. The summed E-state index contributed by atoms with van der Waals surface area (Å²) in [4.78, 5) is 8.33. The molecule has 0 unspecified atom stereocenters. The van der Waals surface area contributed by atoms with Crippen molar-refractivity contribution in [1.82, 2.24) is 19.9 Å². The molecular weight excluding hydrogens is 236 g/mol. The van der Waals surface area contributed by atoms with Crippen LogP contribution < -0.4 is 5.32 Å². The number of halogens is 1. The maximum Gasteiger partial charge on any atom is 0.128 e. The Kier molecular flexibility index (Phi) is 3.76. The molecule has 0 atom stereocenters. The lowest BCUT2D eigenvalue weighted by atomic mass is 10.1. The van der Waals surface area contributed by atoms with E-state index in [2.05, 4.69) is 22.2 Å². The standard InChI is InChI=1S/C12H15ClN4/c1-9-3-4-14-5-10(9)6-15-8-12-16-7-11(13)17(12)2/h3-5,7,15H,6,8H2,1-2H3. The molecule has 0 saturated heterocycles. The summed E-state index contributed by atoms with van der Waals surface area (Å²) in [5, 5.41) is 3.98. The molecule has 0 spiro atoms. The minimum Gasteiger partial charge on any atom is -0.321 e. The van der Waals surface area contributed by atoms with Crippen LogP contribution in [0, 0.1) is 6.92 Å². The Bertz CT molecular complexity index is 507. The maximum atomic E-state index is 5.91. The first-order chi connectivity index (χ1) is 8.18. The highest BCUT2D eigenvalue weighted by Gasteiger charge is 2.04. The Labute approximate surface area is 106 Å². The maximum absolute atomic E-state index is 5.91. The van der Waals surface area contributed by atoms with Gasteiger partial charge in [-0.25, -0.2) is 4.98 Å². The van der Waals surface area contributed by atoms with E-state index < -0.39 is 0 Å². The highest BCUT2D eigenvalue weighted by atomic mass is 35.5. The summed E-state index contributed by atoms with van der Waals surface area (Å²) in [6.45, 7) is 3.55. The summed E-state index contributed by atoms with van der Waals surface area (Å²) in [5.74, 6) is 0.927. The van der Waals surface area contributed by atoms with Crippen LogP contribution in [0.1, 0.15) is 17.0 Å². The Morgan fingerprint density at radius 1 is 1.35 bits per heavy atom. The number of pyridine rings is 1. The van der Waals surface area contributed by atoms with Crippen molar-refractivity contribution in [2.24, 2.45) is 7.05 Å². The van der Waals surface area contributed by atoms with Crippen molar-refractivity contribution >= 4 is 11.6 Å². The van der Waals surface area contributed by atoms with Gasteiger partial charge < -0.3 is 9.88 Å². The van der Waals surface area contributed by atoms with Crippen molar-refractivity contribution in [3.05, 3.63) is 46.8 Å². The second-order valence-corrected chi connectivity index (χ2v) is 4.35. The number of aromatic nitrogens is 3. The van der Waals surface area contributed by atoms with Crippen molar-refractivity contribution in [2.45, 2.75) is 20.0 Å². The fourth-order valence-electron chi connectivity index (χ4n) is 1.58. The van der Waals surface area contributed by atoms with Crippen LogP contribution in [0.5, 0.6) is 0 Å². The van der Waals surface area contributed by atoms with Crippen molar-refractivity contribution in [3.63, 3.8) is 0 Å². The molecule has 2 heterocycles. The van der Waals surface area contributed by atoms with Gasteiger partial charge in [0.05, 0.1) is 12.7 Å². The molecule has 0 aliphatic heterocycles. The van der Waals surface area contributed by atoms with Gasteiger partial charge in [0, 0.05) is 26.0 Å². The minimum absolute atomic E-state index is 0.652. The van der Waals surface area contributed by atoms with Crippen molar-refractivity contribution < 1.29 is 0 Å². The van der Waals surface area contributed by atoms with Gasteiger partial charge in [-0.1, -0.05) is 11.6 Å². The van der Waals surface area contributed by atoms with Crippen LogP contribution in [0.3, 0.4) is 0 Å². The average molecular weight is 251 g/mol. The summed E-state index contributed by atoms with van der Waals surface area (Å²) < 4.78 is 1.87. The Morgan fingerprint density at radius 3 is 2.82 bits per heavy atom. The molecule has 0 amide bonds. The third-order valence-electron chi connectivity index (χ3n) is 2.77. The van der Waals surface area contributed by atoms with E-state index in [-0.39, 0.29) is 0 Å². The lowest BCUT2D eigenvalue weighted by Crippen LogP contribution is -2.16. The van der Waals surface area contributed by atoms with Gasteiger partial charge >= 0.3 is 0 Å². The first-order valence-corrected chi connectivity index (χ1v) is 5.82.